The molecule has 0 aliphatic heterocycles. The summed E-state index contributed by atoms with van der Waals surface area (Å²) in [5, 5.41) is 12.5. The van der Waals surface area contributed by atoms with Crippen molar-refractivity contribution in [3.8, 4) is 23.0 Å². The fourth-order valence-corrected chi connectivity index (χ4v) is 2.81. The lowest BCUT2D eigenvalue weighted by atomic mass is 10.1. The van der Waals surface area contributed by atoms with Gasteiger partial charge < -0.3 is 19.2 Å². The second-order valence-corrected chi connectivity index (χ2v) is 8.18. The van der Waals surface area contributed by atoms with Crippen molar-refractivity contribution < 1.29 is 23.5 Å². The number of urea groups is 1. The van der Waals surface area contributed by atoms with Gasteiger partial charge in [-0.1, -0.05) is 11.8 Å². The van der Waals surface area contributed by atoms with E-state index in [1.54, 1.807) is 32.2 Å². The normalized spacial score (nSPS) is 12.2. The fourth-order valence-electron chi connectivity index (χ4n) is 2.13. The molecule has 1 heterocycles. The lowest BCUT2D eigenvalue weighted by Crippen LogP contribution is -2.49. The maximum absolute atomic E-state index is 12.2. The van der Waals surface area contributed by atoms with Gasteiger partial charge in [-0.2, -0.15) is 0 Å². The smallest absolute Gasteiger partial charge is 0.321 e. The molecule has 3 amide bonds. The maximum Gasteiger partial charge on any atom is 0.321 e. The van der Waals surface area contributed by atoms with E-state index in [4.69, 9.17) is 13.9 Å². The second kappa shape index (κ2) is 8.96. The van der Waals surface area contributed by atoms with Crippen LogP contribution in [0.4, 0.5) is 4.79 Å². The lowest BCUT2D eigenvalue weighted by molar-refractivity contribution is -0.119. The molecule has 0 radical (unpaired) electrons. The number of carbonyl (C=O) groups is 2. The average molecular weight is 408 g/mol. The van der Waals surface area contributed by atoms with Crippen molar-refractivity contribution >= 4 is 23.7 Å². The zero-order valence-electron chi connectivity index (χ0n) is 16.7. The van der Waals surface area contributed by atoms with Crippen molar-refractivity contribution in [2.24, 2.45) is 0 Å². The number of hydrogen-bond donors (Lipinski definition) is 2. The highest BCUT2D eigenvalue weighted by molar-refractivity contribution is 8.00. The number of nitrogens with zero attached hydrogens (tertiary/aromatic N) is 2. The van der Waals surface area contributed by atoms with Crippen LogP contribution in [-0.4, -0.2) is 47.1 Å². The highest BCUT2D eigenvalue weighted by atomic mass is 32.2. The highest BCUT2D eigenvalue weighted by Gasteiger charge is 2.23. The number of methoxy groups -OCH3 is 2. The van der Waals surface area contributed by atoms with Gasteiger partial charge in [-0.05, 0) is 39.8 Å². The van der Waals surface area contributed by atoms with Crippen molar-refractivity contribution in [3.63, 3.8) is 0 Å². The van der Waals surface area contributed by atoms with Gasteiger partial charge in [0.05, 0.1) is 25.0 Å². The van der Waals surface area contributed by atoms with Crippen LogP contribution in [0.2, 0.25) is 0 Å². The lowest BCUT2D eigenvalue weighted by Gasteiger charge is -2.20. The van der Waals surface area contributed by atoms with Gasteiger partial charge in [0.25, 0.3) is 11.1 Å². The Labute approximate surface area is 167 Å². The first-order valence-corrected chi connectivity index (χ1v) is 9.36. The molecule has 2 rings (SSSR count). The van der Waals surface area contributed by atoms with Crippen molar-refractivity contribution in [1.29, 1.82) is 0 Å². The summed E-state index contributed by atoms with van der Waals surface area (Å²) in [6.07, 6.45) is 0. The zero-order chi connectivity index (χ0) is 20.9. The molecule has 0 spiro atoms. The molecule has 28 heavy (non-hydrogen) atoms. The summed E-state index contributed by atoms with van der Waals surface area (Å²) in [5.74, 6) is 0.936. The maximum atomic E-state index is 12.2. The monoisotopic (exact) mass is 408 g/mol. The summed E-state index contributed by atoms with van der Waals surface area (Å²) >= 11 is 1.05. The molecule has 2 N–H and O–H groups in total. The zero-order valence-corrected chi connectivity index (χ0v) is 17.5. The van der Waals surface area contributed by atoms with Gasteiger partial charge >= 0.3 is 6.03 Å². The third-order valence-corrected chi connectivity index (χ3v) is 4.35. The quantitative estimate of drug-likeness (QED) is 0.701. The van der Waals surface area contributed by atoms with E-state index in [0.29, 0.717) is 17.1 Å². The van der Waals surface area contributed by atoms with Crippen LogP contribution in [0.15, 0.2) is 27.8 Å². The van der Waals surface area contributed by atoms with E-state index < -0.39 is 22.7 Å². The molecular weight excluding hydrogens is 384 g/mol. The number of aromatic nitrogens is 2. The number of benzene rings is 1. The molecule has 0 saturated carbocycles. The summed E-state index contributed by atoms with van der Waals surface area (Å²) < 4.78 is 16.1. The number of rotatable bonds is 6. The number of thioether (sulfide) groups is 1. The van der Waals surface area contributed by atoms with Crippen LogP contribution in [0.3, 0.4) is 0 Å². The first-order chi connectivity index (χ1) is 13.1. The Kier molecular flexibility index (Phi) is 6.90. The standard InChI is InChI=1S/C18H24N4O5S/c1-10(14(23)19-16(24)20-18(2,3)4)28-17-22-21-15(27-17)12-8-7-11(25-5)9-13(12)26-6/h7-10H,1-6H3,(H2,19,20,23,24)/t10-/m0/s1. The molecular formula is C18H24N4O5S. The second-order valence-electron chi connectivity index (χ2n) is 6.89. The van der Waals surface area contributed by atoms with Crippen molar-refractivity contribution in [1.82, 2.24) is 20.8 Å². The molecule has 0 unspecified atom stereocenters. The summed E-state index contributed by atoms with van der Waals surface area (Å²) in [6, 6.07) is 4.64. The predicted octanol–water partition coefficient (Wildman–Crippen LogP) is 2.86. The van der Waals surface area contributed by atoms with E-state index in [-0.39, 0.29) is 11.1 Å². The summed E-state index contributed by atoms with van der Waals surface area (Å²) in [5.41, 5.74) is 0.156. The largest absolute Gasteiger partial charge is 0.497 e. The summed E-state index contributed by atoms with van der Waals surface area (Å²) in [4.78, 5) is 24.0. The van der Waals surface area contributed by atoms with Gasteiger partial charge in [0, 0.05) is 11.6 Å². The molecule has 0 aliphatic rings. The Balaban J connectivity index is 2.04. The van der Waals surface area contributed by atoms with Gasteiger partial charge in [-0.3, -0.25) is 10.1 Å². The van der Waals surface area contributed by atoms with Crippen LogP contribution in [0, 0.1) is 0 Å². The number of imide groups is 1. The minimum atomic E-state index is -0.614. The van der Waals surface area contributed by atoms with E-state index in [1.807, 2.05) is 20.8 Å². The molecule has 10 heteroatoms. The highest BCUT2D eigenvalue weighted by Crippen LogP contribution is 2.34. The van der Waals surface area contributed by atoms with Gasteiger partial charge in [0.2, 0.25) is 5.91 Å². The molecule has 2 aromatic rings. The Morgan fingerprint density at radius 2 is 1.89 bits per heavy atom. The molecule has 0 fully saturated rings. The minimum absolute atomic E-state index is 0.201. The molecule has 1 atom stereocenters. The van der Waals surface area contributed by atoms with E-state index in [2.05, 4.69) is 20.8 Å². The number of nitrogens with one attached hydrogen (secondary N) is 2. The molecule has 0 aliphatic carbocycles. The number of carbonyl (C=O) groups excluding carboxylic acids is 2. The van der Waals surface area contributed by atoms with Gasteiger partial charge in [-0.25, -0.2) is 4.79 Å². The Morgan fingerprint density at radius 1 is 1.18 bits per heavy atom. The van der Waals surface area contributed by atoms with E-state index >= 15 is 0 Å². The van der Waals surface area contributed by atoms with Gasteiger partial charge in [0.1, 0.15) is 11.5 Å². The van der Waals surface area contributed by atoms with Gasteiger partial charge in [0.15, 0.2) is 0 Å². The number of hydrogen-bond acceptors (Lipinski definition) is 8. The molecule has 152 valence electrons. The molecule has 9 nitrogen and oxygen atoms in total. The SMILES string of the molecule is COc1ccc(-c2nnc(S[C@@H](C)C(=O)NC(=O)NC(C)(C)C)o2)c(OC)c1. The molecule has 0 saturated heterocycles. The van der Waals surface area contributed by atoms with E-state index in [1.165, 1.54) is 7.11 Å². The molecule has 1 aromatic carbocycles. The van der Waals surface area contributed by atoms with Crippen LogP contribution in [0.5, 0.6) is 11.5 Å². The van der Waals surface area contributed by atoms with Crippen LogP contribution < -0.4 is 20.1 Å². The van der Waals surface area contributed by atoms with E-state index in [0.717, 1.165) is 11.8 Å². The molecule has 0 bridgehead atoms. The fraction of sp³-hybridized carbons (Fsp3) is 0.444. The first kappa shape index (κ1) is 21.5. The van der Waals surface area contributed by atoms with Crippen LogP contribution in [0.1, 0.15) is 27.7 Å². The van der Waals surface area contributed by atoms with Crippen molar-refractivity contribution in [3.05, 3.63) is 18.2 Å². The Bertz CT molecular complexity index is 847. The van der Waals surface area contributed by atoms with Crippen LogP contribution in [0.25, 0.3) is 11.5 Å². The van der Waals surface area contributed by atoms with Crippen molar-refractivity contribution in [2.45, 2.75) is 43.7 Å². The Hall–Kier alpha value is -2.75. The minimum Gasteiger partial charge on any atom is -0.497 e. The van der Waals surface area contributed by atoms with Crippen LogP contribution >= 0.6 is 11.8 Å². The number of ether oxygens (including phenoxy) is 2. The van der Waals surface area contributed by atoms with Gasteiger partial charge in [-0.15, -0.1) is 10.2 Å². The predicted molar refractivity (Wildman–Crippen MR) is 105 cm³/mol. The van der Waals surface area contributed by atoms with Crippen molar-refractivity contribution in [2.75, 3.05) is 14.2 Å². The topological polar surface area (TPSA) is 116 Å². The third kappa shape index (κ3) is 5.88. The Morgan fingerprint density at radius 3 is 2.50 bits per heavy atom. The van der Waals surface area contributed by atoms with Crippen LogP contribution in [-0.2, 0) is 4.79 Å². The van der Waals surface area contributed by atoms with E-state index in [9.17, 15) is 9.59 Å². The number of amides is 3. The summed E-state index contributed by atoms with van der Waals surface area (Å²) in [6.45, 7) is 7.11. The summed E-state index contributed by atoms with van der Waals surface area (Å²) in [7, 11) is 3.09. The first-order valence-electron chi connectivity index (χ1n) is 8.48. The molecule has 1 aromatic heterocycles. The average Bonchev–Trinajstić information content (AvgIpc) is 3.07. The third-order valence-electron chi connectivity index (χ3n) is 3.42.